The van der Waals surface area contributed by atoms with E-state index in [4.69, 9.17) is 14.3 Å². The van der Waals surface area contributed by atoms with Crippen molar-refractivity contribution in [2.24, 2.45) is 5.89 Å². The quantitative estimate of drug-likeness (QED) is 0.717. The predicted octanol–water partition coefficient (Wildman–Crippen LogP) is 5.74. The number of hydrogen-bond donors (Lipinski definition) is 1. The third-order valence-electron chi connectivity index (χ3n) is 4.32. The maximum absolute atomic E-state index is 10.9. The van der Waals surface area contributed by atoms with Gasteiger partial charge in [-0.25, -0.2) is 0 Å². The van der Waals surface area contributed by atoms with E-state index in [2.05, 4.69) is 0 Å². The lowest BCUT2D eigenvalue weighted by Crippen LogP contribution is -2.45. The van der Waals surface area contributed by atoms with Crippen molar-refractivity contribution in [3.8, 4) is 11.5 Å². The second-order valence-corrected chi connectivity index (χ2v) is 6.67. The van der Waals surface area contributed by atoms with Crippen molar-refractivity contribution in [2.45, 2.75) is 77.6 Å². The smallest absolute Gasteiger partial charge is 0.127 e. The molecular weight excluding hydrogens is 284 g/mol. The Morgan fingerprint density at radius 1 is 1.48 bits per heavy atom. The van der Waals surface area contributed by atoms with Gasteiger partial charge in [0.1, 0.15) is 17.1 Å². The summed E-state index contributed by atoms with van der Waals surface area (Å²) in [6.07, 6.45) is -5.31. The van der Waals surface area contributed by atoms with Crippen molar-refractivity contribution in [1.82, 2.24) is 0 Å². The first kappa shape index (κ1) is 9.15. The second kappa shape index (κ2) is 6.22. The van der Waals surface area contributed by atoms with Gasteiger partial charge in [0.2, 0.25) is 0 Å². The second-order valence-electron chi connectivity index (χ2n) is 6.67. The molecule has 1 aromatic carbocycles. The molecule has 2 heteroatoms. The first-order valence-electron chi connectivity index (χ1n) is 12.2. The molecule has 3 rings (SSSR count). The van der Waals surface area contributed by atoms with Crippen molar-refractivity contribution >= 4 is 0 Å². The number of fused-ring (bicyclic) bond motifs is 3. The number of phenols is 1. The highest BCUT2D eigenvalue weighted by Gasteiger charge is 2.45. The minimum Gasteiger partial charge on any atom is -0.507 e. The van der Waals surface area contributed by atoms with Gasteiger partial charge < -0.3 is 9.84 Å². The van der Waals surface area contributed by atoms with E-state index < -0.39 is 36.5 Å². The van der Waals surface area contributed by atoms with Crippen molar-refractivity contribution in [1.29, 1.82) is 0 Å². The van der Waals surface area contributed by atoms with Gasteiger partial charge in [0, 0.05) is 27.0 Å². The van der Waals surface area contributed by atoms with Crippen LogP contribution in [0.4, 0.5) is 0 Å². The molecule has 1 aliphatic carbocycles. The van der Waals surface area contributed by atoms with Crippen LogP contribution in [-0.2, 0) is 6.37 Å². The Balaban J connectivity index is 2.32. The Morgan fingerprint density at radius 3 is 3.00 bits per heavy atom. The number of ether oxygens (including phenoxy) is 1. The first-order chi connectivity index (χ1) is 14.0. The average Bonchev–Trinajstić information content (AvgIpc) is 2.64. The highest BCUT2D eigenvalue weighted by molar-refractivity contribution is 5.53. The fraction of sp³-hybridized carbons (Fsp3) is 0.619. The molecule has 0 radical (unpaired) electrons. The molecule has 0 saturated heterocycles. The molecule has 0 saturated carbocycles. The van der Waals surface area contributed by atoms with E-state index in [1.165, 1.54) is 32.9 Å². The number of benzene rings is 1. The lowest BCUT2D eigenvalue weighted by molar-refractivity contribution is 0.0107. The van der Waals surface area contributed by atoms with Crippen LogP contribution in [0.5, 0.6) is 11.5 Å². The molecule has 2 atom stereocenters. The summed E-state index contributed by atoms with van der Waals surface area (Å²) >= 11 is 0. The standard InChI is InChI=1S/C21H30O2/c1-5-6-7-8-15-12-18(22)20-16-11-14(2)9-10-17(16)21(3,4)23-19(20)13-15/h11-13,16-17,22H,5-10H2,1-4H3/t16-,17-/m1/s1/i8D2,9D2,10D2,11D,17D. The van der Waals surface area contributed by atoms with Crippen LogP contribution in [0.3, 0.4) is 0 Å². The fourth-order valence-corrected chi connectivity index (χ4v) is 3.10. The number of allylic oxidation sites excluding steroid dienone is 2. The number of aromatic hydroxyl groups is 1. The number of phenolic OH excluding ortho intramolecular Hbond substituents is 1. The summed E-state index contributed by atoms with van der Waals surface area (Å²) in [5, 5.41) is 10.9. The number of rotatable bonds is 4. The summed E-state index contributed by atoms with van der Waals surface area (Å²) in [7, 11) is 0. The molecule has 1 N–H and O–H groups in total. The van der Waals surface area contributed by atoms with E-state index in [1.807, 2.05) is 6.92 Å². The molecule has 0 aromatic heterocycles. The minimum absolute atomic E-state index is 0.0353. The number of hydrogen-bond acceptors (Lipinski definition) is 2. The molecule has 1 aliphatic heterocycles. The zero-order valence-corrected chi connectivity index (χ0v) is 14.2. The number of unbranched alkanes of at least 4 members (excludes halogenated alkanes) is 1. The normalized spacial score (nSPS) is 38.9. The fourth-order valence-electron chi connectivity index (χ4n) is 3.10. The van der Waals surface area contributed by atoms with Gasteiger partial charge in [-0.1, -0.05) is 31.4 Å². The van der Waals surface area contributed by atoms with Crippen LogP contribution in [0.2, 0.25) is 0 Å². The molecule has 1 aromatic rings. The average molecular weight is 323 g/mol. The van der Waals surface area contributed by atoms with Gasteiger partial charge in [-0.2, -0.15) is 0 Å². The van der Waals surface area contributed by atoms with E-state index in [9.17, 15) is 6.48 Å². The Bertz CT molecular complexity index is 938. The van der Waals surface area contributed by atoms with E-state index in [0.29, 0.717) is 6.42 Å². The molecule has 0 amide bonds. The summed E-state index contributed by atoms with van der Waals surface area (Å²) in [4.78, 5) is 0. The van der Waals surface area contributed by atoms with Crippen LogP contribution in [-0.4, -0.2) is 10.7 Å². The highest BCUT2D eigenvalue weighted by Crippen LogP contribution is 2.53. The van der Waals surface area contributed by atoms with Crippen LogP contribution in [0, 0.1) is 5.89 Å². The van der Waals surface area contributed by atoms with Gasteiger partial charge in [-0.05, 0) is 64.0 Å². The molecule has 0 fully saturated rings. The van der Waals surface area contributed by atoms with E-state index in [0.717, 1.165) is 6.42 Å². The first-order valence-corrected chi connectivity index (χ1v) is 8.21. The molecule has 0 spiro atoms. The molecule has 0 bridgehead atoms. The maximum Gasteiger partial charge on any atom is 0.127 e. The van der Waals surface area contributed by atoms with Crippen molar-refractivity contribution in [2.75, 3.05) is 0 Å². The van der Waals surface area contributed by atoms with Crippen LogP contribution in [0.1, 0.15) is 87.7 Å². The molecular formula is C21H30O2. The zero-order chi connectivity index (χ0) is 23.8. The topological polar surface area (TPSA) is 29.5 Å². The van der Waals surface area contributed by atoms with Gasteiger partial charge in [-0.15, -0.1) is 0 Å². The van der Waals surface area contributed by atoms with E-state index in [1.54, 1.807) is 0 Å². The van der Waals surface area contributed by atoms with E-state index >= 15 is 0 Å². The Kier molecular flexibility index (Phi) is 2.47. The van der Waals surface area contributed by atoms with Crippen LogP contribution < -0.4 is 4.74 Å². The van der Waals surface area contributed by atoms with E-state index in [-0.39, 0.29) is 40.7 Å². The summed E-state index contributed by atoms with van der Waals surface area (Å²) in [5.41, 5.74) is -1.45. The summed E-state index contributed by atoms with van der Waals surface area (Å²) in [6.45, 7) is 6.26. The minimum atomic E-state index is -2.73. The molecule has 2 nitrogen and oxygen atoms in total. The Morgan fingerprint density at radius 2 is 2.26 bits per heavy atom. The zero-order valence-electron chi connectivity index (χ0n) is 22.2. The molecule has 2 aliphatic rings. The van der Waals surface area contributed by atoms with Crippen molar-refractivity contribution in [3.05, 3.63) is 34.9 Å². The van der Waals surface area contributed by atoms with Crippen molar-refractivity contribution in [3.63, 3.8) is 0 Å². The van der Waals surface area contributed by atoms with Gasteiger partial charge >= 0.3 is 0 Å². The van der Waals surface area contributed by atoms with Crippen LogP contribution in [0.15, 0.2) is 23.8 Å². The molecule has 0 unspecified atom stereocenters. The largest absolute Gasteiger partial charge is 0.507 e. The molecule has 1 heterocycles. The Hall–Kier alpha value is -1.44. The maximum atomic E-state index is 10.9. The van der Waals surface area contributed by atoms with Crippen LogP contribution in [0.25, 0.3) is 0 Å². The summed E-state index contributed by atoms with van der Waals surface area (Å²) in [5.74, 6) is -3.81. The predicted molar refractivity (Wildman–Crippen MR) is 95.3 cm³/mol. The summed E-state index contributed by atoms with van der Waals surface area (Å²) in [6, 6.07) is 2.47. The van der Waals surface area contributed by atoms with Crippen molar-refractivity contribution < 1.29 is 20.8 Å². The van der Waals surface area contributed by atoms with Gasteiger partial charge in [0.25, 0.3) is 0 Å². The van der Waals surface area contributed by atoms with Gasteiger partial charge in [0.05, 0.1) is 1.37 Å². The molecule has 23 heavy (non-hydrogen) atoms. The third kappa shape index (κ3) is 3.13. The van der Waals surface area contributed by atoms with Gasteiger partial charge in [-0.3, -0.25) is 0 Å². The molecule has 126 valence electrons. The lowest BCUT2D eigenvalue weighted by atomic mass is 9.68. The number of aryl methyl sites for hydroxylation is 1. The summed E-state index contributed by atoms with van der Waals surface area (Å²) < 4.78 is 74.5. The SMILES string of the molecule is [2H]C1=C(C)C([2H])([2H])C([2H])([2H])[C@]2([2H])[C@@H]1c1c(O)cc(C([2H])([2H])CCCC)cc1OC2(C)C. The Labute approximate surface area is 151 Å². The van der Waals surface area contributed by atoms with Crippen LogP contribution >= 0.6 is 0 Å². The van der Waals surface area contributed by atoms with Gasteiger partial charge in [0.15, 0.2) is 0 Å². The third-order valence-corrected chi connectivity index (χ3v) is 4.32. The lowest BCUT2D eigenvalue weighted by Gasteiger charge is -2.46. The monoisotopic (exact) mass is 322 g/mol. The highest BCUT2D eigenvalue weighted by atomic mass is 16.5.